The number of benzene rings is 3. The SMILES string of the molecule is Cc1cc(C)c(NS(=O)(=O)c2ccc(NC(=S)Nc3ccc(Cl)cc3)cc2)c(C)c1. The van der Waals surface area contributed by atoms with Gasteiger partial charge in [-0.15, -0.1) is 0 Å². The molecular formula is C22H22ClN3O2S2. The van der Waals surface area contributed by atoms with Crippen LogP contribution in [-0.4, -0.2) is 13.5 Å². The monoisotopic (exact) mass is 459 g/mol. The number of halogens is 1. The molecule has 156 valence electrons. The first-order chi connectivity index (χ1) is 14.1. The second-order valence-electron chi connectivity index (χ2n) is 6.99. The number of rotatable bonds is 5. The summed E-state index contributed by atoms with van der Waals surface area (Å²) in [6.07, 6.45) is 0. The summed E-state index contributed by atoms with van der Waals surface area (Å²) >= 11 is 11.2. The quantitative estimate of drug-likeness (QED) is 0.416. The van der Waals surface area contributed by atoms with E-state index in [4.69, 9.17) is 23.8 Å². The van der Waals surface area contributed by atoms with Gasteiger partial charge in [-0.25, -0.2) is 8.42 Å². The van der Waals surface area contributed by atoms with Crippen molar-refractivity contribution in [3.05, 3.63) is 82.4 Å². The number of sulfonamides is 1. The van der Waals surface area contributed by atoms with Crippen LogP contribution in [0.2, 0.25) is 5.02 Å². The van der Waals surface area contributed by atoms with Crippen molar-refractivity contribution in [1.29, 1.82) is 0 Å². The van der Waals surface area contributed by atoms with Crippen LogP contribution in [0.5, 0.6) is 0 Å². The molecule has 3 aromatic carbocycles. The van der Waals surface area contributed by atoms with E-state index in [1.54, 1.807) is 24.3 Å². The van der Waals surface area contributed by atoms with Gasteiger partial charge in [0.25, 0.3) is 10.0 Å². The van der Waals surface area contributed by atoms with Crippen LogP contribution in [-0.2, 0) is 10.0 Å². The molecule has 0 unspecified atom stereocenters. The zero-order valence-electron chi connectivity index (χ0n) is 16.8. The van der Waals surface area contributed by atoms with Gasteiger partial charge in [-0.3, -0.25) is 4.72 Å². The topological polar surface area (TPSA) is 70.2 Å². The van der Waals surface area contributed by atoms with Gasteiger partial charge in [0.1, 0.15) is 0 Å². The Morgan fingerprint density at radius 1 is 0.833 bits per heavy atom. The third-order valence-corrected chi connectivity index (χ3v) is 6.26. The number of thiocarbonyl (C=S) groups is 1. The molecule has 3 aromatic rings. The lowest BCUT2D eigenvalue weighted by Gasteiger charge is -2.15. The van der Waals surface area contributed by atoms with Crippen molar-refractivity contribution in [3.8, 4) is 0 Å². The highest BCUT2D eigenvalue weighted by Gasteiger charge is 2.17. The normalized spacial score (nSPS) is 11.1. The minimum Gasteiger partial charge on any atom is -0.332 e. The second-order valence-corrected chi connectivity index (χ2v) is 9.52. The highest BCUT2D eigenvalue weighted by atomic mass is 35.5. The molecule has 3 rings (SSSR count). The Kier molecular flexibility index (Phi) is 6.65. The second kappa shape index (κ2) is 9.04. The first-order valence-corrected chi connectivity index (χ1v) is 11.5. The summed E-state index contributed by atoms with van der Waals surface area (Å²) in [6.45, 7) is 5.76. The molecule has 8 heteroatoms. The molecule has 3 N–H and O–H groups in total. The first kappa shape index (κ1) is 22.1. The Labute approximate surface area is 187 Å². The van der Waals surface area contributed by atoms with E-state index in [0.29, 0.717) is 21.5 Å². The van der Waals surface area contributed by atoms with Gasteiger partial charge in [-0.05, 0) is 92.6 Å². The van der Waals surface area contributed by atoms with Crippen LogP contribution >= 0.6 is 23.8 Å². The molecule has 5 nitrogen and oxygen atoms in total. The average Bonchev–Trinajstić information content (AvgIpc) is 2.67. The number of hydrogen-bond acceptors (Lipinski definition) is 3. The van der Waals surface area contributed by atoms with Crippen LogP contribution in [0.25, 0.3) is 0 Å². The van der Waals surface area contributed by atoms with Crippen molar-refractivity contribution in [2.24, 2.45) is 0 Å². The lowest BCUT2D eigenvalue weighted by Crippen LogP contribution is -2.19. The van der Waals surface area contributed by atoms with Crippen molar-refractivity contribution in [2.75, 3.05) is 15.4 Å². The first-order valence-electron chi connectivity index (χ1n) is 9.18. The molecule has 0 fully saturated rings. The summed E-state index contributed by atoms with van der Waals surface area (Å²) in [4.78, 5) is 0.170. The van der Waals surface area contributed by atoms with E-state index in [9.17, 15) is 8.42 Å². The maximum atomic E-state index is 12.8. The molecule has 0 saturated heterocycles. The molecule has 0 aliphatic heterocycles. The molecule has 0 amide bonds. The summed E-state index contributed by atoms with van der Waals surface area (Å²) < 4.78 is 28.3. The van der Waals surface area contributed by atoms with Gasteiger partial charge < -0.3 is 10.6 Å². The fourth-order valence-electron chi connectivity index (χ4n) is 3.08. The van der Waals surface area contributed by atoms with Gasteiger partial charge in [0.2, 0.25) is 0 Å². The van der Waals surface area contributed by atoms with Crippen LogP contribution in [0.3, 0.4) is 0 Å². The molecule has 0 aliphatic carbocycles. The van der Waals surface area contributed by atoms with E-state index in [1.807, 2.05) is 45.0 Å². The van der Waals surface area contributed by atoms with E-state index in [0.717, 1.165) is 22.4 Å². The molecule has 0 bridgehead atoms. The molecule has 0 heterocycles. The van der Waals surface area contributed by atoms with E-state index in [1.165, 1.54) is 12.1 Å². The zero-order valence-corrected chi connectivity index (χ0v) is 19.2. The van der Waals surface area contributed by atoms with Crippen LogP contribution in [0.15, 0.2) is 65.6 Å². The van der Waals surface area contributed by atoms with E-state index >= 15 is 0 Å². The minimum atomic E-state index is -3.71. The lowest BCUT2D eigenvalue weighted by molar-refractivity contribution is 0.601. The minimum absolute atomic E-state index is 0.170. The van der Waals surface area contributed by atoms with Crippen molar-refractivity contribution < 1.29 is 8.42 Å². The number of nitrogens with one attached hydrogen (secondary N) is 3. The maximum absolute atomic E-state index is 12.8. The van der Waals surface area contributed by atoms with Crippen molar-refractivity contribution in [2.45, 2.75) is 25.7 Å². The van der Waals surface area contributed by atoms with Crippen molar-refractivity contribution in [1.82, 2.24) is 0 Å². The van der Waals surface area contributed by atoms with Gasteiger partial charge in [-0.2, -0.15) is 0 Å². The Hall–Kier alpha value is -2.61. The highest BCUT2D eigenvalue weighted by molar-refractivity contribution is 7.92. The summed E-state index contributed by atoms with van der Waals surface area (Å²) in [5, 5.41) is 7.10. The van der Waals surface area contributed by atoms with Gasteiger partial charge in [0, 0.05) is 16.4 Å². The predicted molar refractivity (Wildman–Crippen MR) is 129 cm³/mol. The summed E-state index contributed by atoms with van der Waals surface area (Å²) in [6, 6.07) is 17.5. The largest absolute Gasteiger partial charge is 0.332 e. The molecule has 0 radical (unpaired) electrons. The summed E-state index contributed by atoms with van der Waals surface area (Å²) in [7, 11) is -3.71. The smallest absolute Gasteiger partial charge is 0.261 e. The van der Waals surface area contributed by atoms with E-state index < -0.39 is 10.0 Å². The van der Waals surface area contributed by atoms with E-state index in [2.05, 4.69) is 15.4 Å². The number of hydrogen-bond donors (Lipinski definition) is 3. The third kappa shape index (κ3) is 5.50. The van der Waals surface area contributed by atoms with E-state index in [-0.39, 0.29) is 4.90 Å². The molecular weight excluding hydrogens is 438 g/mol. The van der Waals surface area contributed by atoms with Crippen LogP contribution < -0.4 is 15.4 Å². The van der Waals surface area contributed by atoms with Gasteiger partial charge >= 0.3 is 0 Å². The van der Waals surface area contributed by atoms with Crippen LogP contribution in [0.1, 0.15) is 16.7 Å². The average molecular weight is 460 g/mol. The Balaban J connectivity index is 1.70. The maximum Gasteiger partial charge on any atom is 0.261 e. The fraction of sp³-hybridized carbons (Fsp3) is 0.136. The Morgan fingerprint density at radius 3 is 1.80 bits per heavy atom. The summed E-state index contributed by atoms with van der Waals surface area (Å²) in [5.41, 5.74) is 4.93. The molecule has 0 aromatic heterocycles. The third-order valence-electron chi connectivity index (χ3n) is 4.44. The van der Waals surface area contributed by atoms with Gasteiger partial charge in [0.05, 0.1) is 10.6 Å². The molecule has 0 spiro atoms. The highest BCUT2D eigenvalue weighted by Crippen LogP contribution is 2.25. The molecule has 0 aliphatic rings. The van der Waals surface area contributed by atoms with Crippen LogP contribution in [0.4, 0.5) is 17.1 Å². The Bertz CT molecular complexity index is 1150. The molecule has 0 saturated carbocycles. The van der Waals surface area contributed by atoms with Gasteiger partial charge in [0.15, 0.2) is 5.11 Å². The molecule has 30 heavy (non-hydrogen) atoms. The Morgan fingerprint density at radius 2 is 1.30 bits per heavy atom. The van der Waals surface area contributed by atoms with Crippen molar-refractivity contribution >= 4 is 56.0 Å². The lowest BCUT2D eigenvalue weighted by atomic mass is 10.1. The summed E-state index contributed by atoms with van der Waals surface area (Å²) in [5.74, 6) is 0. The number of anilines is 3. The fourth-order valence-corrected chi connectivity index (χ4v) is 4.64. The van der Waals surface area contributed by atoms with Crippen molar-refractivity contribution in [3.63, 3.8) is 0 Å². The standard InChI is InChI=1S/C22H22ClN3O2S2/c1-14-12-15(2)21(16(3)13-14)26-30(27,28)20-10-8-19(9-11-20)25-22(29)24-18-6-4-17(23)5-7-18/h4-13,26H,1-3H3,(H2,24,25,29). The van der Waals surface area contributed by atoms with Gasteiger partial charge in [-0.1, -0.05) is 29.3 Å². The number of aryl methyl sites for hydroxylation is 3. The zero-order chi connectivity index (χ0) is 21.9. The predicted octanol–water partition coefficient (Wildman–Crippen LogP) is 5.87. The molecule has 0 atom stereocenters. The van der Waals surface area contributed by atoms with Crippen LogP contribution in [0, 0.1) is 20.8 Å².